The number of nitrogens with zero attached hydrogens (tertiary/aromatic N) is 1. The number of fused-ring (bicyclic) bond motifs is 1. The minimum Gasteiger partial charge on any atom is -0.464 e. The Morgan fingerprint density at radius 3 is 3.21 bits per heavy atom. The van der Waals surface area contributed by atoms with Crippen molar-refractivity contribution < 1.29 is 9.53 Å². The molecule has 14 heavy (non-hydrogen) atoms. The average molecular weight is 195 g/mol. The highest BCUT2D eigenvalue weighted by Crippen LogP contribution is 2.28. The maximum atomic E-state index is 11.3. The Kier molecular flexibility index (Phi) is 2.25. The van der Waals surface area contributed by atoms with Gasteiger partial charge in [-0.05, 0) is 19.3 Å². The normalized spacial score (nSPS) is 20.3. The molecule has 0 radical (unpaired) electrons. The summed E-state index contributed by atoms with van der Waals surface area (Å²) in [4.78, 5) is 11.3. The molecule has 0 saturated heterocycles. The number of nitrogens with two attached hydrogens (primary N) is 1. The summed E-state index contributed by atoms with van der Waals surface area (Å²) in [7, 11) is 1.35. The van der Waals surface area contributed by atoms with Crippen molar-refractivity contribution >= 4 is 5.97 Å². The molecular weight excluding hydrogens is 182 g/mol. The van der Waals surface area contributed by atoms with Crippen LogP contribution in [0.25, 0.3) is 0 Å². The van der Waals surface area contributed by atoms with Crippen LogP contribution in [0.2, 0.25) is 0 Å². The van der Waals surface area contributed by atoms with Gasteiger partial charge in [-0.2, -0.15) is 5.10 Å². The zero-order valence-corrected chi connectivity index (χ0v) is 8.04. The van der Waals surface area contributed by atoms with Crippen LogP contribution in [0.1, 0.15) is 40.6 Å². The second kappa shape index (κ2) is 3.42. The van der Waals surface area contributed by atoms with Gasteiger partial charge in [0, 0.05) is 11.6 Å². The predicted octanol–water partition coefficient (Wildman–Crippen LogP) is 0.532. The Bertz CT molecular complexity index is 359. The largest absolute Gasteiger partial charge is 0.464 e. The molecule has 3 N–H and O–H groups in total. The zero-order valence-electron chi connectivity index (χ0n) is 8.04. The van der Waals surface area contributed by atoms with Crippen LogP contribution in [0.3, 0.4) is 0 Å². The maximum Gasteiger partial charge on any atom is 0.358 e. The number of esters is 1. The second-order valence-corrected chi connectivity index (χ2v) is 3.45. The fraction of sp³-hybridized carbons (Fsp3) is 0.556. The van der Waals surface area contributed by atoms with Gasteiger partial charge in [-0.25, -0.2) is 4.79 Å². The molecule has 1 aromatic rings. The predicted molar refractivity (Wildman–Crippen MR) is 49.8 cm³/mol. The van der Waals surface area contributed by atoms with Crippen LogP contribution in [-0.4, -0.2) is 23.3 Å². The van der Waals surface area contributed by atoms with Crippen molar-refractivity contribution in [1.82, 2.24) is 10.2 Å². The summed E-state index contributed by atoms with van der Waals surface area (Å²) in [5.41, 5.74) is 8.08. The lowest BCUT2D eigenvalue weighted by molar-refractivity contribution is 0.0592. The van der Waals surface area contributed by atoms with Gasteiger partial charge in [-0.3, -0.25) is 5.10 Å². The standard InChI is InChI=1S/C9H13N3O2/c1-14-9(13)8-5-3-2-4-6(10)7(5)11-12-8/h6H,2-4,10H2,1H3,(H,11,12). The molecule has 1 unspecified atom stereocenters. The van der Waals surface area contributed by atoms with Crippen LogP contribution in [0.4, 0.5) is 0 Å². The van der Waals surface area contributed by atoms with Crippen molar-refractivity contribution in [2.45, 2.75) is 25.3 Å². The van der Waals surface area contributed by atoms with Crippen molar-refractivity contribution in [3.8, 4) is 0 Å². The van der Waals surface area contributed by atoms with Crippen molar-refractivity contribution in [3.05, 3.63) is 17.0 Å². The second-order valence-electron chi connectivity index (χ2n) is 3.45. The van der Waals surface area contributed by atoms with E-state index in [0.717, 1.165) is 30.5 Å². The third-order valence-corrected chi connectivity index (χ3v) is 2.59. The summed E-state index contributed by atoms with van der Waals surface area (Å²) in [5.74, 6) is -0.392. The lowest BCUT2D eigenvalue weighted by Gasteiger charge is -2.17. The van der Waals surface area contributed by atoms with Gasteiger partial charge in [-0.15, -0.1) is 0 Å². The third-order valence-electron chi connectivity index (χ3n) is 2.59. The molecule has 0 amide bonds. The molecule has 1 aromatic heterocycles. The molecule has 0 saturated carbocycles. The maximum absolute atomic E-state index is 11.3. The first-order valence-corrected chi connectivity index (χ1v) is 4.65. The first-order chi connectivity index (χ1) is 6.74. The molecule has 5 heteroatoms. The van der Waals surface area contributed by atoms with E-state index >= 15 is 0 Å². The van der Waals surface area contributed by atoms with Crippen LogP contribution in [-0.2, 0) is 11.2 Å². The smallest absolute Gasteiger partial charge is 0.358 e. The number of H-pyrrole nitrogens is 1. The number of rotatable bonds is 1. The van der Waals surface area contributed by atoms with Crippen molar-refractivity contribution in [2.75, 3.05) is 7.11 Å². The molecule has 1 heterocycles. The van der Waals surface area contributed by atoms with E-state index in [1.807, 2.05) is 0 Å². The van der Waals surface area contributed by atoms with Gasteiger partial charge in [0.2, 0.25) is 0 Å². The minimum atomic E-state index is -0.392. The number of hydrogen-bond donors (Lipinski definition) is 2. The number of methoxy groups -OCH3 is 1. The number of aromatic nitrogens is 2. The van der Waals surface area contributed by atoms with E-state index in [2.05, 4.69) is 14.9 Å². The topological polar surface area (TPSA) is 81.0 Å². The van der Waals surface area contributed by atoms with Crippen LogP contribution in [0.5, 0.6) is 0 Å². The summed E-state index contributed by atoms with van der Waals surface area (Å²) in [6.45, 7) is 0. The van der Waals surface area contributed by atoms with Gasteiger partial charge >= 0.3 is 5.97 Å². The highest BCUT2D eigenvalue weighted by molar-refractivity contribution is 5.89. The molecule has 0 bridgehead atoms. The van der Waals surface area contributed by atoms with E-state index in [9.17, 15) is 4.79 Å². The number of carbonyl (C=O) groups is 1. The van der Waals surface area contributed by atoms with Gasteiger partial charge in [0.15, 0.2) is 5.69 Å². The zero-order chi connectivity index (χ0) is 10.1. The van der Waals surface area contributed by atoms with E-state index in [1.165, 1.54) is 7.11 Å². The number of ether oxygens (including phenoxy) is 1. The quantitative estimate of drug-likeness (QED) is 0.640. The molecule has 0 spiro atoms. The molecule has 0 aliphatic heterocycles. The van der Waals surface area contributed by atoms with E-state index in [0.29, 0.717) is 5.69 Å². The van der Waals surface area contributed by atoms with Gasteiger partial charge < -0.3 is 10.5 Å². The highest BCUT2D eigenvalue weighted by Gasteiger charge is 2.26. The van der Waals surface area contributed by atoms with Crippen molar-refractivity contribution in [2.24, 2.45) is 5.73 Å². The fourth-order valence-electron chi connectivity index (χ4n) is 1.85. The van der Waals surface area contributed by atoms with Crippen LogP contribution in [0.15, 0.2) is 0 Å². The van der Waals surface area contributed by atoms with Gasteiger partial charge in [-0.1, -0.05) is 0 Å². The lowest BCUT2D eigenvalue weighted by atomic mass is 9.92. The molecule has 0 aromatic carbocycles. The first kappa shape index (κ1) is 9.21. The Morgan fingerprint density at radius 1 is 1.71 bits per heavy atom. The first-order valence-electron chi connectivity index (χ1n) is 4.65. The summed E-state index contributed by atoms with van der Waals surface area (Å²) >= 11 is 0. The van der Waals surface area contributed by atoms with E-state index in [1.54, 1.807) is 0 Å². The average Bonchev–Trinajstić information content (AvgIpc) is 2.62. The Hall–Kier alpha value is -1.36. The Morgan fingerprint density at radius 2 is 2.50 bits per heavy atom. The van der Waals surface area contributed by atoms with Crippen LogP contribution < -0.4 is 5.73 Å². The summed E-state index contributed by atoms with van der Waals surface area (Å²) in [6.07, 6.45) is 2.79. The SMILES string of the molecule is COC(=O)c1n[nH]c2c1CCCC2N. The number of hydrogen-bond acceptors (Lipinski definition) is 4. The Balaban J connectivity index is 2.40. The summed E-state index contributed by atoms with van der Waals surface area (Å²) in [6, 6.07) is -0.0235. The number of carbonyl (C=O) groups excluding carboxylic acids is 1. The third kappa shape index (κ3) is 1.29. The van der Waals surface area contributed by atoms with E-state index < -0.39 is 5.97 Å². The van der Waals surface area contributed by atoms with Crippen molar-refractivity contribution in [1.29, 1.82) is 0 Å². The Labute approximate surface area is 81.6 Å². The van der Waals surface area contributed by atoms with Gasteiger partial charge in [0.05, 0.1) is 12.8 Å². The van der Waals surface area contributed by atoms with E-state index in [4.69, 9.17) is 5.73 Å². The summed E-state index contributed by atoms with van der Waals surface area (Å²) in [5, 5.41) is 6.75. The van der Waals surface area contributed by atoms with Gasteiger partial charge in [0.25, 0.3) is 0 Å². The van der Waals surface area contributed by atoms with Crippen LogP contribution in [0, 0.1) is 0 Å². The molecule has 0 fully saturated rings. The number of nitrogens with one attached hydrogen (secondary N) is 1. The fourth-order valence-corrected chi connectivity index (χ4v) is 1.85. The molecule has 76 valence electrons. The lowest BCUT2D eigenvalue weighted by Crippen LogP contribution is -2.18. The molecule has 5 nitrogen and oxygen atoms in total. The monoisotopic (exact) mass is 195 g/mol. The molecule has 1 atom stereocenters. The molecule has 2 rings (SSSR count). The molecule has 1 aliphatic rings. The molecular formula is C9H13N3O2. The van der Waals surface area contributed by atoms with E-state index in [-0.39, 0.29) is 6.04 Å². The minimum absolute atomic E-state index is 0.0235. The summed E-state index contributed by atoms with van der Waals surface area (Å²) < 4.78 is 4.63. The van der Waals surface area contributed by atoms with Gasteiger partial charge in [0.1, 0.15) is 0 Å². The molecule has 1 aliphatic carbocycles. The van der Waals surface area contributed by atoms with Crippen molar-refractivity contribution in [3.63, 3.8) is 0 Å². The highest BCUT2D eigenvalue weighted by atomic mass is 16.5. The number of aromatic amines is 1. The van der Waals surface area contributed by atoms with Crippen LogP contribution >= 0.6 is 0 Å².